The third-order valence-electron chi connectivity index (χ3n) is 2.73. The largest absolute Gasteiger partial charge is 0.454 e. The maximum atomic E-state index is 13.6. The van der Waals surface area contributed by atoms with E-state index >= 15 is 0 Å². The maximum absolute atomic E-state index is 13.6. The number of nitrogens with one attached hydrogen (secondary N) is 1. The third kappa shape index (κ3) is 3.80. The lowest BCUT2D eigenvalue weighted by Crippen LogP contribution is -2.22. The molecule has 2 nitrogen and oxygen atoms in total. The fourth-order valence-electron chi connectivity index (χ4n) is 1.71. The minimum atomic E-state index is -0.353. The lowest BCUT2D eigenvalue weighted by Gasteiger charge is -2.13. The van der Waals surface area contributed by atoms with Gasteiger partial charge in [-0.25, -0.2) is 4.39 Å². The number of halogens is 1. The highest BCUT2D eigenvalue weighted by atomic mass is 19.1. The molecule has 0 amide bonds. The molecule has 0 aliphatic heterocycles. The van der Waals surface area contributed by atoms with Crippen LogP contribution in [0.3, 0.4) is 0 Å². The van der Waals surface area contributed by atoms with E-state index in [9.17, 15) is 4.39 Å². The summed E-state index contributed by atoms with van der Waals surface area (Å²) in [7, 11) is 0. The van der Waals surface area contributed by atoms with Gasteiger partial charge in [-0.2, -0.15) is 0 Å². The Hall–Kier alpha value is -1.87. The first-order valence-electron chi connectivity index (χ1n) is 6.40. The van der Waals surface area contributed by atoms with Crippen LogP contribution in [0.15, 0.2) is 48.5 Å². The molecule has 2 rings (SSSR count). The van der Waals surface area contributed by atoms with Crippen LogP contribution in [0.2, 0.25) is 0 Å². The molecule has 0 fully saturated rings. The Balaban J connectivity index is 2.18. The highest BCUT2D eigenvalue weighted by molar-refractivity contribution is 5.38. The lowest BCUT2D eigenvalue weighted by atomic mass is 10.2. The Kier molecular flexibility index (Phi) is 4.53. The Morgan fingerprint density at radius 1 is 1.00 bits per heavy atom. The summed E-state index contributed by atoms with van der Waals surface area (Å²) >= 11 is 0. The van der Waals surface area contributed by atoms with Gasteiger partial charge in [0.05, 0.1) is 0 Å². The molecular weight excluding hydrogens is 241 g/mol. The van der Waals surface area contributed by atoms with Gasteiger partial charge < -0.3 is 10.1 Å². The zero-order chi connectivity index (χ0) is 13.7. The normalized spacial score (nSPS) is 10.7. The molecule has 0 aliphatic rings. The minimum absolute atomic E-state index is 0.250. The van der Waals surface area contributed by atoms with Crippen molar-refractivity contribution in [1.29, 1.82) is 0 Å². The summed E-state index contributed by atoms with van der Waals surface area (Å²) < 4.78 is 19.2. The van der Waals surface area contributed by atoms with Crippen molar-refractivity contribution < 1.29 is 9.13 Å². The fraction of sp³-hybridized carbons (Fsp3) is 0.250. The molecule has 19 heavy (non-hydrogen) atoms. The lowest BCUT2D eigenvalue weighted by molar-refractivity contribution is 0.434. The van der Waals surface area contributed by atoms with Crippen molar-refractivity contribution in [1.82, 2.24) is 5.32 Å². The number of rotatable bonds is 5. The van der Waals surface area contributed by atoms with Crippen LogP contribution in [0.5, 0.6) is 11.5 Å². The second kappa shape index (κ2) is 6.34. The van der Waals surface area contributed by atoms with Gasteiger partial charge in [-0.15, -0.1) is 0 Å². The van der Waals surface area contributed by atoms with E-state index in [1.54, 1.807) is 18.2 Å². The molecule has 100 valence electrons. The summed E-state index contributed by atoms with van der Waals surface area (Å²) in [5, 5.41) is 3.33. The second-order valence-corrected chi connectivity index (χ2v) is 4.68. The van der Waals surface area contributed by atoms with Crippen LogP contribution in [0.25, 0.3) is 0 Å². The second-order valence-electron chi connectivity index (χ2n) is 4.68. The predicted octanol–water partition coefficient (Wildman–Crippen LogP) is 4.12. The van der Waals surface area contributed by atoms with E-state index in [1.165, 1.54) is 6.07 Å². The third-order valence-corrected chi connectivity index (χ3v) is 2.73. The SMILES string of the molecule is CC(C)NCc1ccccc1Oc1ccccc1F. The first-order chi connectivity index (χ1) is 9.16. The molecule has 2 aromatic rings. The van der Waals surface area contributed by atoms with E-state index in [4.69, 9.17) is 4.74 Å². The van der Waals surface area contributed by atoms with Gasteiger partial charge in [0, 0.05) is 18.2 Å². The van der Waals surface area contributed by atoms with Crippen LogP contribution in [-0.4, -0.2) is 6.04 Å². The van der Waals surface area contributed by atoms with Gasteiger partial charge in [-0.3, -0.25) is 0 Å². The molecule has 0 saturated heterocycles. The van der Waals surface area contributed by atoms with Crippen LogP contribution in [0.1, 0.15) is 19.4 Å². The standard InChI is InChI=1S/C16H18FNO/c1-12(2)18-11-13-7-3-5-9-15(13)19-16-10-6-4-8-14(16)17/h3-10,12,18H,11H2,1-2H3. The van der Waals surface area contributed by atoms with Crippen LogP contribution < -0.4 is 10.1 Å². The number of hydrogen-bond acceptors (Lipinski definition) is 2. The van der Waals surface area contributed by atoms with Crippen LogP contribution in [-0.2, 0) is 6.54 Å². The zero-order valence-corrected chi connectivity index (χ0v) is 11.2. The molecule has 0 aromatic heterocycles. The van der Waals surface area contributed by atoms with E-state index in [1.807, 2.05) is 24.3 Å². The number of hydrogen-bond donors (Lipinski definition) is 1. The van der Waals surface area contributed by atoms with Crippen molar-refractivity contribution in [2.45, 2.75) is 26.4 Å². The van der Waals surface area contributed by atoms with Gasteiger partial charge in [0.25, 0.3) is 0 Å². The van der Waals surface area contributed by atoms with Crippen molar-refractivity contribution in [3.05, 3.63) is 59.9 Å². The quantitative estimate of drug-likeness (QED) is 0.872. The van der Waals surface area contributed by atoms with Gasteiger partial charge in [0.2, 0.25) is 0 Å². The molecular formula is C16H18FNO. The summed E-state index contributed by atoms with van der Waals surface area (Å²) in [5.74, 6) is 0.578. The van der Waals surface area contributed by atoms with Crippen molar-refractivity contribution in [2.24, 2.45) is 0 Å². The van der Waals surface area contributed by atoms with Crippen molar-refractivity contribution in [3.8, 4) is 11.5 Å². The molecule has 1 N–H and O–H groups in total. The van der Waals surface area contributed by atoms with Gasteiger partial charge in [-0.1, -0.05) is 44.2 Å². The van der Waals surface area contributed by atoms with Gasteiger partial charge >= 0.3 is 0 Å². The molecule has 0 bridgehead atoms. The van der Waals surface area contributed by atoms with Crippen molar-refractivity contribution in [2.75, 3.05) is 0 Å². The summed E-state index contributed by atoms with van der Waals surface area (Å²) in [6, 6.07) is 14.5. The number of ether oxygens (including phenoxy) is 1. The highest BCUT2D eigenvalue weighted by Crippen LogP contribution is 2.27. The zero-order valence-electron chi connectivity index (χ0n) is 11.2. The van der Waals surface area contributed by atoms with E-state index in [2.05, 4.69) is 19.2 Å². The van der Waals surface area contributed by atoms with E-state index < -0.39 is 0 Å². The van der Waals surface area contributed by atoms with E-state index in [0.29, 0.717) is 18.3 Å². The topological polar surface area (TPSA) is 21.3 Å². The summed E-state index contributed by atoms with van der Waals surface area (Å²) in [6.45, 7) is 4.86. The van der Waals surface area contributed by atoms with Gasteiger partial charge in [0.15, 0.2) is 11.6 Å². The van der Waals surface area contributed by atoms with Gasteiger partial charge in [0.1, 0.15) is 5.75 Å². The predicted molar refractivity (Wildman–Crippen MR) is 74.9 cm³/mol. The van der Waals surface area contributed by atoms with E-state index in [-0.39, 0.29) is 11.6 Å². The van der Waals surface area contributed by atoms with Crippen molar-refractivity contribution in [3.63, 3.8) is 0 Å². The van der Waals surface area contributed by atoms with Crippen molar-refractivity contribution >= 4 is 0 Å². The maximum Gasteiger partial charge on any atom is 0.165 e. The molecule has 3 heteroatoms. The highest BCUT2D eigenvalue weighted by Gasteiger charge is 2.07. The molecule has 0 atom stereocenters. The Bertz CT molecular complexity index is 540. The molecule has 0 saturated carbocycles. The average molecular weight is 259 g/mol. The Morgan fingerprint density at radius 2 is 1.63 bits per heavy atom. The van der Waals surface area contributed by atoms with E-state index in [0.717, 1.165) is 5.56 Å². The number of para-hydroxylation sites is 2. The minimum Gasteiger partial charge on any atom is -0.454 e. The average Bonchev–Trinajstić information content (AvgIpc) is 2.40. The molecule has 0 radical (unpaired) electrons. The van der Waals surface area contributed by atoms with Crippen LogP contribution in [0.4, 0.5) is 4.39 Å². The van der Waals surface area contributed by atoms with Crippen LogP contribution >= 0.6 is 0 Å². The summed E-state index contributed by atoms with van der Waals surface area (Å²) in [5.41, 5.74) is 1.01. The molecule has 0 unspecified atom stereocenters. The molecule has 2 aromatic carbocycles. The summed E-state index contributed by atoms with van der Waals surface area (Å²) in [6.07, 6.45) is 0. The molecule has 0 spiro atoms. The van der Waals surface area contributed by atoms with Crippen LogP contribution in [0, 0.1) is 5.82 Å². The fourth-order valence-corrected chi connectivity index (χ4v) is 1.71. The first kappa shape index (κ1) is 13.6. The van der Waals surface area contributed by atoms with Gasteiger partial charge in [-0.05, 0) is 18.2 Å². The Labute approximate surface area is 113 Å². The summed E-state index contributed by atoms with van der Waals surface area (Å²) in [4.78, 5) is 0. The molecule has 0 aliphatic carbocycles. The first-order valence-corrected chi connectivity index (χ1v) is 6.40. The molecule has 0 heterocycles. The monoisotopic (exact) mass is 259 g/mol. The smallest absolute Gasteiger partial charge is 0.165 e. The Morgan fingerprint density at radius 3 is 2.32 bits per heavy atom. The number of benzene rings is 2.